The van der Waals surface area contributed by atoms with Crippen LogP contribution in [-0.2, 0) is 25.7 Å². The second-order valence-corrected chi connectivity index (χ2v) is 9.94. The third kappa shape index (κ3) is 8.16. The summed E-state index contributed by atoms with van der Waals surface area (Å²) in [6.07, 6.45) is 1.19. The third-order valence-corrected chi connectivity index (χ3v) is 6.54. The molecular formula is C31H36N2O5. The van der Waals surface area contributed by atoms with Gasteiger partial charge in [-0.1, -0.05) is 105 Å². The quantitative estimate of drug-likeness (QED) is 0.162. The van der Waals surface area contributed by atoms with Crippen molar-refractivity contribution in [3.8, 4) is 0 Å². The van der Waals surface area contributed by atoms with Gasteiger partial charge < -0.3 is 14.8 Å². The van der Waals surface area contributed by atoms with E-state index in [-0.39, 0.29) is 37.5 Å². The Hall–Kier alpha value is -3.68. The number of carbonyl (C=O) groups is 2. The second-order valence-electron chi connectivity index (χ2n) is 9.94. The van der Waals surface area contributed by atoms with Gasteiger partial charge in [0.05, 0.1) is 18.2 Å². The summed E-state index contributed by atoms with van der Waals surface area (Å²) in [5.74, 6) is 0.413. The Balaban J connectivity index is 1.31. The van der Waals surface area contributed by atoms with E-state index >= 15 is 0 Å². The molecule has 1 fully saturated rings. The number of carbonyl (C=O) groups excluding carboxylic acids is 2. The Morgan fingerprint density at radius 3 is 2.13 bits per heavy atom. The zero-order valence-corrected chi connectivity index (χ0v) is 21.9. The van der Waals surface area contributed by atoms with Crippen LogP contribution in [0, 0.1) is 5.92 Å². The minimum atomic E-state index is -0.464. The number of hydrogen-bond donors (Lipinski definition) is 1. The van der Waals surface area contributed by atoms with Gasteiger partial charge in [0, 0.05) is 6.42 Å². The predicted molar refractivity (Wildman–Crippen MR) is 145 cm³/mol. The molecule has 7 heteroatoms. The molecule has 0 bridgehead atoms. The first kappa shape index (κ1) is 27.4. The molecule has 0 radical (unpaired) electrons. The molecule has 0 aliphatic carbocycles. The van der Waals surface area contributed by atoms with E-state index in [4.69, 9.17) is 14.3 Å². The van der Waals surface area contributed by atoms with Gasteiger partial charge >= 0.3 is 6.09 Å². The Bertz CT molecular complexity index is 1130. The SMILES string of the molecule is CC(C)CC(NC(=O)OCC1OC1CC(c1ccccc1)N(C=O)OCc1ccccc1)c1ccccc1. The van der Waals surface area contributed by atoms with Crippen molar-refractivity contribution in [1.82, 2.24) is 10.4 Å². The zero-order chi connectivity index (χ0) is 26.7. The number of ether oxygens (including phenoxy) is 2. The number of hydroxylamine groups is 2. The van der Waals surface area contributed by atoms with Gasteiger partial charge in [0.25, 0.3) is 0 Å². The lowest BCUT2D eigenvalue weighted by Gasteiger charge is -2.27. The Labute approximate surface area is 224 Å². The van der Waals surface area contributed by atoms with E-state index in [9.17, 15) is 9.59 Å². The fraction of sp³-hybridized carbons (Fsp3) is 0.355. The summed E-state index contributed by atoms with van der Waals surface area (Å²) in [6, 6.07) is 28.9. The molecule has 4 rings (SSSR count). The van der Waals surface area contributed by atoms with Crippen LogP contribution in [0.5, 0.6) is 0 Å². The summed E-state index contributed by atoms with van der Waals surface area (Å²) in [4.78, 5) is 30.5. The molecule has 2 amide bonds. The summed E-state index contributed by atoms with van der Waals surface area (Å²) in [6.45, 7) is 4.68. The topological polar surface area (TPSA) is 80.4 Å². The van der Waals surface area contributed by atoms with Crippen LogP contribution in [0.15, 0.2) is 91.0 Å². The fourth-order valence-corrected chi connectivity index (χ4v) is 4.51. The first-order valence-corrected chi connectivity index (χ1v) is 13.1. The van der Waals surface area contributed by atoms with Crippen LogP contribution >= 0.6 is 0 Å². The van der Waals surface area contributed by atoms with E-state index in [1.807, 2.05) is 91.0 Å². The largest absolute Gasteiger partial charge is 0.447 e. The molecule has 0 spiro atoms. The molecule has 4 unspecified atom stereocenters. The highest BCUT2D eigenvalue weighted by atomic mass is 16.7. The van der Waals surface area contributed by atoms with Crippen molar-refractivity contribution in [3.05, 3.63) is 108 Å². The smallest absolute Gasteiger partial charge is 0.407 e. The van der Waals surface area contributed by atoms with Crippen molar-refractivity contribution in [1.29, 1.82) is 0 Å². The summed E-state index contributed by atoms with van der Waals surface area (Å²) >= 11 is 0. The van der Waals surface area contributed by atoms with Gasteiger partial charge in [-0.3, -0.25) is 9.63 Å². The lowest BCUT2D eigenvalue weighted by atomic mass is 9.97. The number of rotatable bonds is 14. The average molecular weight is 517 g/mol. The molecule has 1 N–H and O–H groups in total. The number of nitrogens with one attached hydrogen (secondary N) is 1. The number of nitrogens with zero attached hydrogens (tertiary/aromatic N) is 1. The van der Waals surface area contributed by atoms with Crippen molar-refractivity contribution in [2.24, 2.45) is 5.92 Å². The minimum absolute atomic E-state index is 0.120. The zero-order valence-electron chi connectivity index (χ0n) is 21.9. The van der Waals surface area contributed by atoms with Crippen LogP contribution in [0.25, 0.3) is 0 Å². The molecule has 1 saturated heterocycles. The molecule has 1 aliphatic rings. The van der Waals surface area contributed by atoms with Gasteiger partial charge in [-0.2, -0.15) is 0 Å². The maximum atomic E-state index is 12.6. The number of alkyl carbamates (subject to hydrolysis) is 1. The second kappa shape index (κ2) is 13.7. The van der Waals surface area contributed by atoms with Gasteiger partial charge in [-0.15, -0.1) is 0 Å². The third-order valence-electron chi connectivity index (χ3n) is 6.54. The Morgan fingerprint density at radius 2 is 1.53 bits per heavy atom. The van der Waals surface area contributed by atoms with E-state index in [0.717, 1.165) is 23.1 Å². The highest BCUT2D eigenvalue weighted by molar-refractivity contribution is 5.68. The van der Waals surface area contributed by atoms with Crippen molar-refractivity contribution < 1.29 is 23.9 Å². The van der Waals surface area contributed by atoms with Crippen molar-refractivity contribution in [3.63, 3.8) is 0 Å². The molecule has 3 aromatic carbocycles. The van der Waals surface area contributed by atoms with Crippen LogP contribution in [-0.4, -0.2) is 36.4 Å². The van der Waals surface area contributed by atoms with Crippen LogP contribution in [0.1, 0.15) is 55.5 Å². The van der Waals surface area contributed by atoms with E-state index in [0.29, 0.717) is 18.7 Å². The summed E-state index contributed by atoms with van der Waals surface area (Å²) in [5, 5.41) is 4.35. The number of epoxide rings is 1. The maximum absolute atomic E-state index is 12.6. The molecule has 1 aliphatic heterocycles. The molecule has 3 aromatic rings. The van der Waals surface area contributed by atoms with Gasteiger partial charge in [0.15, 0.2) is 0 Å². The minimum Gasteiger partial charge on any atom is -0.447 e. The lowest BCUT2D eigenvalue weighted by Crippen LogP contribution is -2.31. The molecule has 4 atom stereocenters. The van der Waals surface area contributed by atoms with E-state index < -0.39 is 6.09 Å². The molecule has 0 saturated carbocycles. The Morgan fingerprint density at radius 1 is 0.921 bits per heavy atom. The van der Waals surface area contributed by atoms with Crippen LogP contribution < -0.4 is 5.32 Å². The van der Waals surface area contributed by atoms with E-state index in [1.54, 1.807) is 0 Å². The molecular weight excluding hydrogens is 480 g/mol. The summed E-state index contributed by atoms with van der Waals surface area (Å²) < 4.78 is 11.3. The monoisotopic (exact) mass is 516 g/mol. The number of benzene rings is 3. The lowest BCUT2D eigenvalue weighted by molar-refractivity contribution is -0.195. The van der Waals surface area contributed by atoms with Gasteiger partial charge in [0.1, 0.15) is 19.3 Å². The average Bonchev–Trinajstić information content (AvgIpc) is 3.70. The standard InChI is InChI=1S/C31H36N2O5/c1-23(2)18-27(25-14-8-4-9-15-25)32-31(35)36-21-30-29(38-30)19-28(26-16-10-5-11-17-26)33(22-34)37-20-24-12-6-3-7-13-24/h3-17,22-23,27-30H,18-21H2,1-2H3,(H,32,35). The van der Waals surface area contributed by atoms with Crippen molar-refractivity contribution in [2.45, 2.75) is 57.6 Å². The number of amides is 2. The normalized spacial score (nSPS) is 17.9. The first-order chi connectivity index (χ1) is 18.5. The first-order valence-electron chi connectivity index (χ1n) is 13.1. The van der Waals surface area contributed by atoms with Gasteiger partial charge in [0.2, 0.25) is 6.41 Å². The van der Waals surface area contributed by atoms with Crippen LogP contribution in [0.3, 0.4) is 0 Å². The van der Waals surface area contributed by atoms with Gasteiger partial charge in [-0.25, -0.2) is 9.86 Å². The fourth-order valence-electron chi connectivity index (χ4n) is 4.51. The van der Waals surface area contributed by atoms with Gasteiger partial charge in [-0.05, 0) is 29.0 Å². The van der Waals surface area contributed by atoms with E-state index in [2.05, 4.69) is 19.2 Å². The predicted octanol–water partition coefficient (Wildman–Crippen LogP) is 5.99. The molecule has 200 valence electrons. The molecule has 38 heavy (non-hydrogen) atoms. The van der Waals surface area contributed by atoms with Crippen molar-refractivity contribution in [2.75, 3.05) is 6.61 Å². The maximum Gasteiger partial charge on any atom is 0.407 e. The summed E-state index contributed by atoms with van der Waals surface area (Å²) in [5.41, 5.74) is 2.96. The van der Waals surface area contributed by atoms with Crippen LogP contribution in [0.2, 0.25) is 0 Å². The highest BCUT2D eigenvalue weighted by Gasteiger charge is 2.43. The van der Waals surface area contributed by atoms with Crippen molar-refractivity contribution >= 4 is 12.5 Å². The molecule has 0 aromatic heterocycles. The summed E-state index contributed by atoms with van der Waals surface area (Å²) in [7, 11) is 0. The van der Waals surface area contributed by atoms with E-state index in [1.165, 1.54) is 5.06 Å². The highest BCUT2D eigenvalue weighted by Crippen LogP contribution is 2.35. The molecule has 7 nitrogen and oxygen atoms in total. The van der Waals surface area contributed by atoms with Crippen LogP contribution in [0.4, 0.5) is 4.79 Å². The number of hydrogen-bond acceptors (Lipinski definition) is 5. The Kier molecular flexibility index (Phi) is 9.90. The molecule has 1 heterocycles.